The molecule has 78 valence electrons. The Hall–Kier alpha value is -0.310. The Morgan fingerprint density at radius 2 is 2.43 bits per heavy atom. The molecule has 1 aromatic rings. The molecule has 0 saturated heterocycles. The second-order valence-electron chi connectivity index (χ2n) is 4.27. The maximum atomic E-state index is 4.17. The summed E-state index contributed by atoms with van der Waals surface area (Å²) in [4.78, 5) is 0.763. The van der Waals surface area contributed by atoms with Gasteiger partial charge in [0.2, 0.25) is 0 Å². The molecular weight excluding hydrogens is 240 g/mol. The van der Waals surface area contributed by atoms with Crippen LogP contribution in [0.15, 0.2) is 12.4 Å². The summed E-state index contributed by atoms with van der Waals surface area (Å²) >= 11 is 3.76. The van der Waals surface area contributed by atoms with Gasteiger partial charge >= 0.3 is 0 Å². The maximum absolute atomic E-state index is 4.17. The Balaban J connectivity index is 1.67. The van der Waals surface area contributed by atoms with E-state index in [9.17, 15) is 0 Å². The summed E-state index contributed by atoms with van der Waals surface area (Å²) in [5, 5.41) is 4.17. The predicted molar refractivity (Wildman–Crippen MR) is 61.6 cm³/mol. The summed E-state index contributed by atoms with van der Waals surface area (Å²) in [5.41, 5.74) is 1.36. The van der Waals surface area contributed by atoms with Crippen LogP contribution >= 0.6 is 15.9 Å². The quantitative estimate of drug-likeness (QED) is 0.741. The molecule has 1 unspecified atom stereocenters. The molecule has 1 saturated carbocycles. The highest BCUT2D eigenvalue weighted by molar-refractivity contribution is 9.09. The van der Waals surface area contributed by atoms with Crippen LogP contribution in [0.5, 0.6) is 0 Å². The first-order valence-corrected chi connectivity index (χ1v) is 6.29. The Bertz CT molecular complexity index is 291. The molecule has 0 aromatic carbocycles. The van der Waals surface area contributed by atoms with E-state index in [4.69, 9.17) is 0 Å². The lowest BCUT2D eigenvalue weighted by Crippen LogP contribution is -2.00. The number of aryl methyl sites for hydroxylation is 2. The van der Waals surface area contributed by atoms with Gasteiger partial charge in [0.15, 0.2) is 0 Å². The van der Waals surface area contributed by atoms with Crippen LogP contribution < -0.4 is 0 Å². The van der Waals surface area contributed by atoms with Crippen molar-refractivity contribution in [2.24, 2.45) is 13.0 Å². The normalized spacial score (nSPS) is 18.4. The van der Waals surface area contributed by atoms with Crippen molar-refractivity contribution in [2.45, 2.75) is 36.9 Å². The average Bonchev–Trinajstić information content (AvgIpc) is 2.92. The van der Waals surface area contributed by atoms with Gasteiger partial charge in [-0.25, -0.2) is 0 Å². The summed E-state index contributed by atoms with van der Waals surface area (Å²) in [6, 6.07) is 0. The molecule has 1 heterocycles. The molecule has 1 atom stereocenters. The summed E-state index contributed by atoms with van der Waals surface area (Å²) in [7, 11) is 1.97. The third kappa shape index (κ3) is 2.84. The number of aromatic nitrogens is 2. The molecule has 2 rings (SSSR count). The van der Waals surface area contributed by atoms with Crippen molar-refractivity contribution in [1.82, 2.24) is 9.78 Å². The van der Waals surface area contributed by atoms with E-state index in [1.165, 1.54) is 37.7 Å². The largest absolute Gasteiger partial charge is 0.276 e. The molecule has 1 aliphatic rings. The molecule has 1 fully saturated rings. The summed E-state index contributed by atoms with van der Waals surface area (Å²) in [5.74, 6) is 0.976. The number of alkyl halides is 1. The zero-order chi connectivity index (χ0) is 9.97. The van der Waals surface area contributed by atoms with Crippen molar-refractivity contribution in [1.29, 1.82) is 0 Å². The Kier molecular flexibility index (Phi) is 3.26. The lowest BCUT2D eigenvalue weighted by molar-refractivity contribution is 0.653. The van der Waals surface area contributed by atoms with Crippen LogP contribution in [-0.2, 0) is 13.5 Å². The number of hydrogen-bond acceptors (Lipinski definition) is 1. The topological polar surface area (TPSA) is 17.8 Å². The Labute approximate surface area is 93.8 Å². The van der Waals surface area contributed by atoms with Crippen molar-refractivity contribution in [2.75, 3.05) is 0 Å². The molecule has 0 radical (unpaired) electrons. The first kappa shape index (κ1) is 10.2. The van der Waals surface area contributed by atoms with Gasteiger partial charge in [0.25, 0.3) is 0 Å². The van der Waals surface area contributed by atoms with E-state index in [2.05, 4.69) is 27.2 Å². The fraction of sp³-hybridized carbons (Fsp3) is 0.727. The minimum Gasteiger partial charge on any atom is -0.276 e. The third-order valence-electron chi connectivity index (χ3n) is 2.84. The highest BCUT2D eigenvalue weighted by atomic mass is 79.9. The highest BCUT2D eigenvalue weighted by Gasteiger charge is 2.28. The number of rotatable bonds is 5. The molecule has 2 nitrogen and oxygen atoms in total. The summed E-state index contributed by atoms with van der Waals surface area (Å²) < 4.78 is 1.88. The van der Waals surface area contributed by atoms with Gasteiger partial charge in [-0.05, 0) is 43.6 Å². The first-order valence-electron chi connectivity index (χ1n) is 5.37. The molecule has 14 heavy (non-hydrogen) atoms. The van der Waals surface area contributed by atoms with E-state index in [1.807, 2.05) is 17.9 Å². The van der Waals surface area contributed by atoms with E-state index in [0.29, 0.717) is 0 Å². The number of hydrogen-bond donors (Lipinski definition) is 0. The molecule has 0 amide bonds. The highest BCUT2D eigenvalue weighted by Crippen LogP contribution is 2.38. The van der Waals surface area contributed by atoms with Gasteiger partial charge in [0.05, 0.1) is 6.20 Å². The standard InChI is InChI=1S/C11H17BrN2/c1-14-8-9(7-13-14)3-2-4-11(12)10-5-6-10/h7-8,10-11H,2-6H2,1H3. The van der Waals surface area contributed by atoms with E-state index in [1.54, 1.807) is 0 Å². The maximum Gasteiger partial charge on any atom is 0.0521 e. The SMILES string of the molecule is Cn1cc(CCCC(Br)C2CC2)cn1. The van der Waals surface area contributed by atoms with Crippen LogP contribution in [-0.4, -0.2) is 14.6 Å². The molecule has 3 heteroatoms. The molecule has 0 spiro atoms. The van der Waals surface area contributed by atoms with Crippen molar-refractivity contribution >= 4 is 15.9 Å². The fourth-order valence-electron chi connectivity index (χ4n) is 1.80. The van der Waals surface area contributed by atoms with E-state index >= 15 is 0 Å². The number of nitrogens with zero attached hydrogens (tertiary/aromatic N) is 2. The minimum absolute atomic E-state index is 0.763. The summed E-state index contributed by atoms with van der Waals surface area (Å²) in [6.45, 7) is 0. The monoisotopic (exact) mass is 256 g/mol. The zero-order valence-electron chi connectivity index (χ0n) is 8.62. The third-order valence-corrected chi connectivity index (χ3v) is 4.04. The van der Waals surface area contributed by atoms with E-state index < -0.39 is 0 Å². The Morgan fingerprint density at radius 1 is 1.64 bits per heavy atom. The molecular formula is C11H17BrN2. The molecule has 1 aliphatic carbocycles. The second kappa shape index (κ2) is 4.47. The predicted octanol–water partition coefficient (Wildman–Crippen LogP) is 2.92. The van der Waals surface area contributed by atoms with Crippen LogP contribution in [0.1, 0.15) is 31.2 Å². The van der Waals surface area contributed by atoms with Crippen molar-refractivity contribution in [3.05, 3.63) is 18.0 Å². The summed E-state index contributed by atoms with van der Waals surface area (Å²) in [6.07, 6.45) is 10.7. The molecule has 0 N–H and O–H groups in total. The Morgan fingerprint density at radius 3 is 3.00 bits per heavy atom. The molecule has 0 bridgehead atoms. The average molecular weight is 257 g/mol. The van der Waals surface area contributed by atoms with Gasteiger partial charge in [-0.2, -0.15) is 5.10 Å². The zero-order valence-corrected chi connectivity index (χ0v) is 10.2. The lowest BCUT2D eigenvalue weighted by Gasteiger charge is -2.06. The van der Waals surface area contributed by atoms with Crippen molar-refractivity contribution < 1.29 is 0 Å². The van der Waals surface area contributed by atoms with Crippen molar-refractivity contribution in [3.63, 3.8) is 0 Å². The minimum atomic E-state index is 0.763. The van der Waals surface area contributed by atoms with Crippen LogP contribution in [0.4, 0.5) is 0 Å². The number of halogens is 1. The van der Waals surface area contributed by atoms with E-state index in [-0.39, 0.29) is 0 Å². The lowest BCUT2D eigenvalue weighted by atomic mass is 10.1. The van der Waals surface area contributed by atoms with Crippen LogP contribution in [0, 0.1) is 5.92 Å². The molecule has 0 aliphatic heterocycles. The van der Waals surface area contributed by atoms with Crippen LogP contribution in [0.3, 0.4) is 0 Å². The van der Waals surface area contributed by atoms with Gasteiger partial charge < -0.3 is 0 Å². The smallest absolute Gasteiger partial charge is 0.0521 e. The fourth-order valence-corrected chi connectivity index (χ4v) is 2.65. The van der Waals surface area contributed by atoms with Gasteiger partial charge in [0.1, 0.15) is 0 Å². The van der Waals surface area contributed by atoms with Crippen molar-refractivity contribution in [3.8, 4) is 0 Å². The van der Waals surface area contributed by atoms with Crippen LogP contribution in [0.2, 0.25) is 0 Å². The van der Waals surface area contributed by atoms with Gasteiger partial charge in [0, 0.05) is 18.1 Å². The van der Waals surface area contributed by atoms with Gasteiger partial charge in [-0.1, -0.05) is 15.9 Å². The van der Waals surface area contributed by atoms with E-state index in [0.717, 1.165) is 10.7 Å². The molecule has 1 aromatic heterocycles. The van der Waals surface area contributed by atoms with Gasteiger partial charge in [-0.15, -0.1) is 0 Å². The second-order valence-corrected chi connectivity index (χ2v) is 5.44. The van der Waals surface area contributed by atoms with Crippen LogP contribution in [0.25, 0.3) is 0 Å². The van der Waals surface area contributed by atoms with Gasteiger partial charge in [-0.3, -0.25) is 4.68 Å². The first-order chi connectivity index (χ1) is 6.75.